The van der Waals surface area contributed by atoms with Gasteiger partial charge in [-0.05, 0) is 39.2 Å². The van der Waals surface area contributed by atoms with Crippen LogP contribution in [0.2, 0.25) is 0 Å². The quantitative estimate of drug-likeness (QED) is 0.332. The van der Waals surface area contributed by atoms with Gasteiger partial charge in [0.05, 0.1) is 0 Å². The summed E-state index contributed by atoms with van der Waals surface area (Å²) in [6, 6.07) is 0. The number of hydrogen-bond acceptors (Lipinski definition) is 0. The molecule has 0 nitrogen and oxygen atoms in total. The van der Waals surface area contributed by atoms with E-state index in [2.05, 4.69) is 85.2 Å². The largest absolute Gasteiger partial charge is 0.106 e. The lowest BCUT2D eigenvalue weighted by molar-refractivity contribution is 0.528. The van der Waals surface area contributed by atoms with Crippen LogP contribution in [0.3, 0.4) is 0 Å². The number of allylic oxidation sites excluding steroid dienone is 8. The smallest absolute Gasteiger partial charge is 0.00992 e. The topological polar surface area (TPSA) is 0 Å². The summed E-state index contributed by atoms with van der Waals surface area (Å²) in [7, 11) is 0. The minimum atomic E-state index is 0.0162. The molecule has 0 amide bonds. The first-order valence-electron chi connectivity index (χ1n) is 8.17. The Bertz CT molecular complexity index is 386. The van der Waals surface area contributed by atoms with Crippen molar-refractivity contribution in [3.05, 3.63) is 73.4 Å². The molecule has 126 valence electrons. The van der Waals surface area contributed by atoms with Gasteiger partial charge in [-0.1, -0.05) is 75.8 Å². The van der Waals surface area contributed by atoms with Crippen molar-refractivity contribution in [2.45, 2.75) is 61.3 Å². The second-order valence-electron chi connectivity index (χ2n) is 5.16. The summed E-state index contributed by atoms with van der Waals surface area (Å²) < 4.78 is 0. The maximum absolute atomic E-state index is 4.23. The van der Waals surface area contributed by atoms with E-state index in [-0.39, 0.29) is 5.41 Å². The van der Waals surface area contributed by atoms with Gasteiger partial charge in [0.2, 0.25) is 0 Å². The van der Waals surface area contributed by atoms with Gasteiger partial charge in [0.25, 0.3) is 0 Å². The van der Waals surface area contributed by atoms with Crippen LogP contribution >= 0.6 is 0 Å². The lowest BCUT2D eigenvalue weighted by Gasteiger charge is -2.29. The molecule has 0 radical (unpaired) electrons. The monoisotopic (exact) mass is 302 g/mol. The van der Waals surface area contributed by atoms with Crippen LogP contribution < -0.4 is 0 Å². The van der Waals surface area contributed by atoms with Gasteiger partial charge in [-0.2, -0.15) is 0 Å². The second-order valence-corrected chi connectivity index (χ2v) is 5.16. The molecular formula is C22H38. The van der Waals surface area contributed by atoms with Crippen molar-refractivity contribution >= 4 is 0 Å². The Labute approximate surface area is 140 Å². The molecule has 0 saturated heterocycles. The zero-order valence-corrected chi connectivity index (χ0v) is 16.1. The molecule has 0 heterocycles. The molecule has 0 atom stereocenters. The maximum atomic E-state index is 4.23. The predicted octanol–water partition coefficient (Wildman–Crippen LogP) is 7.83. The Morgan fingerprint density at radius 2 is 1.50 bits per heavy atom. The normalized spacial score (nSPS) is 12.0. The zero-order valence-electron chi connectivity index (χ0n) is 16.1. The molecule has 0 unspecified atom stereocenters. The molecule has 0 rings (SSSR count). The number of hydrogen-bond donors (Lipinski definition) is 0. The molecular weight excluding hydrogens is 264 g/mol. The van der Waals surface area contributed by atoms with Gasteiger partial charge in [-0.3, -0.25) is 0 Å². The van der Waals surface area contributed by atoms with E-state index in [1.54, 1.807) is 0 Å². The highest BCUT2D eigenvalue weighted by atomic mass is 14.3. The minimum absolute atomic E-state index is 0.0162. The fourth-order valence-corrected chi connectivity index (χ4v) is 1.82. The lowest BCUT2D eigenvalue weighted by Crippen LogP contribution is -2.16. The Morgan fingerprint density at radius 3 is 1.86 bits per heavy atom. The zero-order chi connectivity index (χ0) is 18.2. The molecule has 0 saturated carbocycles. The molecule has 0 heteroatoms. The van der Waals surface area contributed by atoms with E-state index in [4.69, 9.17) is 0 Å². The maximum Gasteiger partial charge on any atom is 0.00992 e. The van der Waals surface area contributed by atoms with Crippen molar-refractivity contribution < 1.29 is 0 Å². The minimum Gasteiger partial charge on any atom is -0.106 e. The Hall–Kier alpha value is -1.56. The second kappa shape index (κ2) is 15.8. The van der Waals surface area contributed by atoms with E-state index in [0.29, 0.717) is 0 Å². The summed E-state index contributed by atoms with van der Waals surface area (Å²) in [5.74, 6) is 0. The average molecular weight is 303 g/mol. The van der Waals surface area contributed by atoms with E-state index in [1.807, 2.05) is 19.9 Å². The van der Waals surface area contributed by atoms with Gasteiger partial charge in [0.15, 0.2) is 0 Å². The van der Waals surface area contributed by atoms with E-state index in [0.717, 1.165) is 18.4 Å². The Kier molecular flexibility index (Phi) is 18.3. The Morgan fingerprint density at radius 1 is 1.00 bits per heavy atom. The molecule has 0 aromatic rings. The first-order chi connectivity index (χ1) is 10.4. The summed E-state index contributed by atoms with van der Waals surface area (Å²) in [5, 5.41) is 0. The van der Waals surface area contributed by atoms with Crippen LogP contribution in [0.25, 0.3) is 0 Å². The van der Waals surface area contributed by atoms with Crippen molar-refractivity contribution in [3.63, 3.8) is 0 Å². The van der Waals surface area contributed by atoms with Crippen LogP contribution in [-0.2, 0) is 0 Å². The van der Waals surface area contributed by atoms with Crippen LogP contribution in [0.1, 0.15) is 61.3 Å². The lowest BCUT2D eigenvalue weighted by atomic mass is 9.75. The molecule has 0 fully saturated rings. The van der Waals surface area contributed by atoms with Gasteiger partial charge in [0.1, 0.15) is 0 Å². The van der Waals surface area contributed by atoms with Crippen molar-refractivity contribution in [2.24, 2.45) is 5.41 Å². The number of rotatable bonds is 7. The summed E-state index contributed by atoms with van der Waals surface area (Å²) in [6.07, 6.45) is 12.6. The third kappa shape index (κ3) is 10.2. The third-order valence-electron chi connectivity index (χ3n) is 3.57. The molecule has 0 N–H and O–H groups in total. The molecule has 0 aromatic heterocycles. The summed E-state index contributed by atoms with van der Waals surface area (Å²) in [5.41, 5.74) is 3.86. The average Bonchev–Trinajstić information content (AvgIpc) is 2.56. The molecule has 0 aliphatic rings. The fraction of sp³-hybridized carbons (Fsp3) is 0.455. The van der Waals surface area contributed by atoms with Crippen molar-refractivity contribution in [1.82, 2.24) is 0 Å². The molecule has 0 aromatic carbocycles. The van der Waals surface area contributed by atoms with Crippen LogP contribution in [0.5, 0.6) is 0 Å². The highest BCUT2D eigenvalue weighted by molar-refractivity contribution is 5.35. The van der Waals surface area contributed by atoms with Crippen molar-refractivity contribution in [3.8, 4) is 0 Å². The summed E-state index contributed by atoms with van der Waals surface area (Å²) >= 11 is 0. The van der Waals surface area contributed by atoms with Crippen LogP contribution in [0, 0.1) is 5.41 Å². The van der Waals surface area contributed by atoms with Gasteiger partial charge in [-0.25, -0.2) is 0 Å². The summed E-state index contributed by atoms with van der Waals surface area (Å²) in [6.45, 7) is 28.8. The van der Waals surface area contributed by atoms with Gasteiger partial charge >= 0.3 is 0 Å². The molecule has 0 aliphatic carbocycles. The summed E-state index contributed by atoms with van der Waals surface area (Å²) in [4.78, 5) is 0. The van der Waals surface area contributed by atoms with Crippen molar-refractivity contribution in [1.29, 1.82) is 0 Å². The van der Waals surface area contributed by atoms with Crippen molar-refractivity contribution in [2.75, 3.05) is 0 Å². The predicted molar refractivity (Wildman–Crippen MR) is 107 cm³/mol. The molecule has 0 bridgehead atoms. The highest BCUT2D eigenvalue weighted by Gasteiger charge is 2.23. The van der Waals surface area contributed by atoms with E-state index in [1.165, 1.54) is 11.1 Å². The van der Waals surface area contributed by atoms with Gasteiger partial charge < -0.3 is 0 Å². The molecule has 22 heavy (non-hydrogen) atoms. The van der Waals surface area contributed by atoms with E-state index >= 15 is 0 Å². The van der Waals surface area contributed by atoms with Gasteiger partial charge in [-0.15, -0.1) is 19.7 Å². The molecule has 0 spiro atoms. The van der Waals surface area contributed by atoms with Crippen LogP contribution in [0.4, 0.5) is 0 Å². The van der Waals surface area contributed by atoms with Gasteiger partial charge in [0, 0.05) is 5.41 Å². The Balaban J connectivity index is -0.000000826. The van der Waals surface area contributed by atoms with Crippen LogP contribution in [0.15, 0.2) is 73.4 Å². The van der Waals surface area contributed by atoms with E-state index < -0.39 is 0 Å². The first-order valence-corrected chi connectivity index (χ1v) is 8.17. The fourth-order valence-electron chi connectivity index (χ4n) is 1.82. The standard InChI is InChI=1S/C18H28.C2H6.C2H4/c1-8-11-12-17(10-3)18(6,7)16(5)14-13-15(4)9-2;2*1-2/h8-10,13-14H,1,5,11-12H2,2-4,6-7H3;1-2H3;1-2H2/b14-13-,15-9-,17-10+;;. The SMILES string of the molecule is C=C.C=CCC/C(=C\C)C(C)(C)C(=C)/C=C\C(C)=C/C.CC. The van der Waals surface area contributed by atoms with E-state index in [9.17, 15) is 0 Å². The highest BCUT2D eigenvalue weighted by Crippen LogP contribution is 2.37. The third-order valence-corrected chi connectivity index (χ3v) is 3.57. The first kappa shape index (κ1) is 25.4. The molecule has 0 aliphatic heterocycles. The van der Waals surface area contributed by atoms with Crippen LogP contribution in [-0.4, -0.2) is 0 Å².